The van der Waals surface area contributed by atoms with Crippen LogP contribution in [0, 0.1) is 6.92 Å². The number of aromatic nitrogens is 3. The van der Waals surface area contributed by atoms with Crippen molar-refractivity contribution in [1.82, 2.24) is 15.2 Å². The molecule has 1 heterocycles. The molecule has 0 saturated carbocycles. The smallest absolute Gasteiger partial charge is 0.251 e. The number of hydrogen-bond acceptors (Lipinski definition) is 5. The van der Waals surface area contributed by atoms with Crippen LogP contribution in [0.4, 0.5) is 23.1 Å². The summed E-state index contributed by atoms with van der Waals surface area (Å²) in [5.74, 6) is 1.23. The van der Waals surface area contributed by atoms with E-state index in [4.69, 9.17) is 0 Å². The van der Waals surface area contributed by atoms with Gasteiger partial charge in [-0.3, -0.25) is 0 Å². The molecule has 0 aliphatic heterocycles. The van der Waals surface area contributed by atoms with Crippen molar-refractivity contribution in [2.24, 2.45) is 0 Å². The number of rotatable bonds is 5. The molecule has 0 bridgehead atoms. The highest BCUT2D eigenvalue weighted by atomic mass is 79.9. The molecule has 0 unspecified atom stereocenters. The maximum absolute atomic E-state index is 4.59. The lowest BCUT2D eigenvalue weighted by molar-refractivity contribution is 0.887. The average molecular weight is 384 g/mol. The summed E-state index contributed by atoms with van der Waals surface area (Å²) in [7, 11) is 0. The van der Waals surface area contributed by atoms with E-state index in [9.17, 15) is 0 Å². The second-order valence-electron chi connectivity index (χ2n) is 5.31. The number of benzene rings is 2. The van der Waals surface area contributed by atoms with Crippen molar-refractivity contribution in [3.8, 4) is 0 Å². The second-order valence-corrected chi connectivity index (χ2v) is 6.16. The Bertz CT molecular complexity index is 823. The zero-order valence-corrected chi connectivity index (χ0v) is 15.2. The summed E-state index contributed by atoms with van der Waals surface area (Å²) in [6.07, 6.45) is 1.62. The summed E-state index contributed by atoms with van der Waals surface area (Å²) in [4.78, 5) is 6.61. The van der Waals surface area contributed by atoms with Gasteiger partial charge in [0.15, 0.2) is 5.82 Å². The van der Waals surface area contributed by atoms with Gasteiger partial charge in [0.05, 0.1) is 6.20 Å². The first-order chi connectivity index (χ1) is 11.7. The predicted octanol–water partition coefficient (Wildman–Crippen LogP) is 4.84. The Morgan fingerprint density at radius 1 is 1.12 bits per heavy atom. The molecule has 2 aromatic carbocycles. The number of anilines is 4. The van der Waals surface area contributed by atoms with Crippen LogP contribution in [0.25, 0.3) is 0 Å². The van der Waals surface area contributed by atoms with Crippen molar-refractivity contribution < 1.29 is 0 Å². The summed E-state index contributed by atoms with van der Waals surface area (Å²) in [5, 5.41) is 11.5. The van der Waals surface area contributed by atoms with E-state index in [1.165, 1.54) is 5.56 Å². The quantitative estimate of drug-likeness (QED) is 0.682. The third-order valence-electron chi connectivity index (χ3n) is 3.62. The molecule has 0 atom stereocenters. The Balaban J connectivity index is 1.86. The fraction of sp³-hybridized carbons (Fsp3) is 0.167. The van der Waals surface area contributed by atoms with Crippen LogP contribution in [0.1, 0.15) is 12.5 Å². The predicted molar refractivity (Wildman–Crippen MR) is 101 cm³/mol. The molecular weight excluding hydrogens is 366 g/mol. The van der Waals surface area contributed by atoms with Gasteiger partial charge >= 0.3 is 0 Å². The summed E-state index contributed by atoms with van der Waals surface area (Å²) in [5.41, 5.74) is 3.17. The van der Waals surface area contributed by atoms with Crippen molar-refractivity contribution in [2.75, 3.05) is 16.8 Å². The van der Waals surface area contributed by atoms with Crippen molar-refractivity contribution >= 4 is 39.1 Å². The van der Waals surface area contributed by atoms with E-state index < -0.39 is 0 Å². The molecule has 24 heavy (non-hydrogen) atoms. The van der Waals surface area contributed by atoms with E-state index in [1.54, 1.807) is 6.20 Å². The first-order valence-electron chi connectivity index (χ1n) is 7.73. The fourth-order valence-electron chi connectivity index (χ4n) is 2.33. The number of nitrogens with zero attached hydrogens (tertiary/aromatic N) is 4. The number of nitrogens with one attached hydrogen (secondary N) is 1. The van der Waals surface area contributed by atoms with Crippen molar-refractivity contribution in [2.45, 2.75) is 13.8 Å². The van der Waals surface area contributed by atoms with Gasteiger partial charge in [-0.15, -0.1) is 5.10 Å². The normalized spacial score (nSPS) is 10.5. The molecule has 0 fully saturated rings. The van der Waals surface area contributed by atoms with Gasteiger partial charge in [0.2, 0.25) is 0 Å². The third-order valence-corrected chi connectivity index (χ3v) is 4.47. The highest BCUT2D eigenvalue weighted by Crippen LogP contribution is 2.25. The van der Waals surface area contributed by atoms with Crippen LogP contribution in [-0.2, 0) is 0 Å². The lowest BCUT2D eigenvalue weighted by Crippen LogP contribution is -2.19. The van der Waals surface area contributed by atoms with Crippen LogP contribution in [0.2, 0.25) is 0 Å². The average Bonchev–Trinajstić information content (AvgIpc) is 2.60. The van der Waals surface area contributed by atoms with E-state index in [0.717, 1.165) is 22.4 Å². The van der Waals surface area contributed by atoms with Gasteiger partial charge in [-0.2, -0.15) is 10.1 Å². The molecule has 3 aromatic rings. The fourth-order valence-corrected chi connectivity index (χ4v) is 2.71. The maximum Gasteiger partial charge on any atom is 0.251 e. The second kappa shape index (κ2) is 7.40. The van der Waals surface area contributed by atoms with Crippen LogP contribution in [0.3, 0.4) is 0 Å². The van der Waals surface area contributed by atoms with E-state index in [2.05, 4.69) is 50.3 Å². The van der Waals surface area contributed by atoms with E-state index in [0.29, 0.717) is 11.8 Å². The van der Waals surface area contributed by atoms with E-state index in [1.807, 2.05) is 53.4 Å². The minimum absolute atomic E-state index is 0.569. The lowest BCUT2D eigenvalue weighted by Gasteiger charge is -2.20. The third kappa shape index (κ3) is 3.71. The number of hydrogen-bond donors (Lipinski definition) is 1. The minimum Gasteiger partial charge on any atom is -0.339 e. The van der Waals surface area contributed by atoms with Gasteiger partial charge < -0.3 is 10.2 Å². The van der Waals surface area contributed by atoms with Gasteiger partial charge in [0.25, 0.3) is 5.95 Å². The SMILES string of the molecule is CCN(c1ccccc1)c1nncc(Nc2ccc(C)c(Br)c2)n1. The Hall–Kier alpha value is -2.47. The van der Waals surface area contributed by atoms with E-state index >= 15 is 0 Å². The Labute approximate surface area is 149 Å². The molecule has 122 valence electrons. The molecule has 0 spiro atoms. The number of para-hydroxylation sites is 1. The van der Waals surface area contributed by atoms with Crippen LogP contribution in [0.5, 0.6) is 0 Å². The summed E-state index contributed by atoms with van der Waals surface area (Å²) in [6.45, 7) is 4.87. The largest absolute Gasteiger partial charge is 0.339 e. The summed E-state index contributed by atoms with van der Waals surface area (Å²) >= 11 is 3.54. The molecule has 0 aliphatic carbocycles. The molecule has 0 amide bonds. The monoisotopic (exact) mass is 383 g/mol. The van der Waals surface area contributed by atoms with Crippen LogP contribution >= 0.6 is 15.9 Å². The van der Waals surface area contributed by atoms with Crippen LogP contribution in [0.15, 0.2) is 59.2 Å². The zero-order valence-electron chi connectivity index (χ0n) is 13.6. The van der Waals surface area contributed by atoms with Crippen LogP contribution < -0.4 is 10.2 Å². The van der Waals surface area contributed by atoms with Gasteiger partial charge in [-0.25, -0.2) is 0 Å². The maximum atomic E-state index is 4.59. The molecule has 1 aromatic heterocycles. The van der Waals surface area contributed by atoms with Crippen molar-refractivity contribution in [3.63, 3.8) is 0 Å². The summed E-state index contributed by atoms with van der Waals surface area (Å²) < 4.78 is 1.05. The first-order valence-corrected chi connectivity index (χ1v) is 8.52. The van der Waals surface area contributed by atoms with Crippen LogP contribution in [-0.4, -0.2) is 21.7 Å². The highest BCUT2D eigenvalue weighted by Gasteiger charge is 2.11. The van der Waals surface area contributed by atoms with Crippen molar-refractivity contribution in [1.29, 1.82) is 0 Å². The summed E-state index contributed by atoms with van der Waals surface area (Å²) in [6, 6.07) is 16.1. The molecule has 0 saturated heterocycles. The molecule has 1 N–H and O–H groups in total. The molecular formula is C18H18BrN5. The van der Waals surface area contributed by atoms with E-state index in [-0.39, 0.29) is 0 Å². The molecule has 0 radical (unpaired) electrons. The lowest BCUT2D eigenvalue weighted by atomic mass is 10.2. The first kappa shape index (κ1) is 16.4. The Kier molecular flexibility index (Phi) is 5.05. The van der Waals surface area contributed by atoms with Gasteiger partial charge in [-0.05, 0) is 43.7 Å². The van der Waals surface area contributed by atoms with Crippen molar-refractivity contribution in [3.05, 3.63) is 64.8 Å². The molecule has 0 aliphatic rings. The standard InChI is InChI=1S/C18H18BrN5/c1-3-24(15-7-5-4-6-8-15)18-22-17(12-20-23-18)21-14-10-9-13(2)16(19)11-14/h4-12H,3H2,1-2H3,(H,21,22,23). The van der Waals surface area contributed by atoms with Gasteiger partial charge in [0.1, 0.15) is 0 Å². The number of aryl methyl sites for hydroxylation is 1. The Morgan fingerprint density at radius 3 is 2.62 bits per heavy atom. The Morgan fingerprint density at radius 2 is 1.92 bits per heavy atom. The molecule has 3 rings (SSSR count). The highest BCUT2D eigenvalue weighted by molar-refractivity contribution is 9.10. The minimum atomic E-state index is 0.569. The molecule has 6 heteroatoms. The van der Waals surface area contributed by atoms with Gasteiger partial charge in [-0.1, -0.05) is 40.2 Å². The number of halogens is 1. The topological polar surface area (TPSA) is 53.9 Å². The zero-order chi connectivity index (χ0) is 16.9. The van der Waals surface area contributed by atoms with Gasteiger partial charge in [0, 0.05) is 22.4 Å². The molecule has 5 nitrogen and oxygen atoms in total.